The number of rotatable bonds is 0. The Hall–Kier alpha value is 0.667. The fraction of sp³-hybridized carbons (Fsp3) is 0. The van der Waals surface area contributed by atoms with Gasteiger partial charge in [0.2, 0.25) is 0 Å². The second-order valence-corrected chi connectivity index (χ2v) is 0.651. The zero-order valence-corrected chi connectivity index (χ0v) is 3.49. The molecule has 0 aromatic heterocycles. The van der Waals surface area contributed by atoms with Crippen LogP contribution < -0.4 is 18.9 Å². The van der Waals surface area contributed by atoms with Gasteiger partial charge in [-0.2, -0.15) is 0 Å². The van der Waals surface area contributed by atoms with E-state index in [0.29, 0.717) is 0 Å². The molecule has 0 saturated carbocycles. The second kappa shape index (κ2) is 4.67. The Morgan fingerprint density at radius 3 is 2.00 bits per heavy atom. The summed E-state index contributed by atoms with van der Waals surface area (Å²) in [6.45, 7) is 0. The van der Waals surface area contributed by atoms with Gasteiger partial charge in [0.15, 0.2) is 0 Å². The van der Waals surface area contributed by atoms with Gasteiger partial charge in [-0.3, -0.25) is 0 Å². The summed E-state index contributed by atoms with van der Waals surface area (Å²) in [7, 11) is 0. The summed E-state index contributed by atoms with van der Waals surface area (Å²) in [5.74, 6) is 0. The first kappa shape index (κ1) is 9.18. The van der Waals surface area contributed by atoms with Crippen molar-refractivity contribution in [3.63, 3.8) is 0 Å². The molecule has 1 N–H and O–H groups in total. The molecule has 0 aliphatic rings. The van der Waals surface area contributed by atoms with Crippen LogP contribution in [0.3, 0.4) is 0 Å². The molecule has 28 valence electrons. The summed E-state index contributed by atoms with van der Waals surface area (Å²) in [6, 6.07) is 0. The van der Waals surface area contributed by atoms with Crippen LogP contribution >= 0.6 is 0 Å². The molecule has 0 spiro atoms. The molecular weight excluding hydrogens is 87.0 g/mol. The van der Waals surface area contributed by atoms with E-state index in [0.717, 1.165) is 0 Å². The van der Waals surface area contributed by atoms with E-state index >= 15 is 0 Å². The molecule has 0 saturated heterocycles. The van der Waals surface area contributed by atoms with E-state index in [1.807, 2.05) is 0 Å². The molecule has 0 aliphatic heterocycles. The topological polar surface area (TPSA) is 60.4 Å². The van der Waals surface area contributed by atoms with E-state index in [1.54, 1.807) is 0 Å². The van der Waals surface area contributed by atoms with Crippen molar-refractivity contribution < 1.29 is 33.6 Å². The molecule has 0 amide bonds. The monoisotopic (exact) mass is 89.0 g/mol. The first-order chi connectivity index (χ1) is 1.73. The molecule has 5 heavy (non-hydrogen) atoms. The van der Waals surface area contributed by atoms with Gasteiger partial charge in [0.05, 0.1) is 11.4 Å². The molecular formula is H2LiO3S-. The quantitative estimate of drug-likeness (QED) is 0.247. The van der Waals surface area contributed by atoms with Crippen molar-refractivity contribution in [2.45, 2.75) is 0 Å². The van der Waals surface area contributed by atoms with Crippen molar-refractivity contribution >= 4 is 11.4 Å². The van der Waals surface area contributed by atoms with Crippen LogP contribution in [0.5, 0.6) is 0 Å². The molecule has 0 aliphatic carbocycles. The van der Waals surface area contributed by atoms with Crippen molar-refractivity contribution in [2.75, 3.05) is 0 Å². The first-order valence-corrected chi connectivity index (χ1v) is 1.55. The maximum Gasteiger partial charge on any atom is 1.00 e. The molecule has 0 rings (SSSR count). The zero-order chi connectivity index (χ0) is 3.58. The Morgan fingerprint density at radius 1 is 2.00 bits per heavy atom. The molecule has 0 fully saturated rings. The van der Waals surface area contributed by atoms with E-state index in [2.05, 4.69) is 0 Å². The van der Waals surface area contributed by atoms with Crippen LogP contribution in [0.15, 0.2) is 0 Å². The second-order valence-electron chi connectivity index (χ2n) is 0.217. The third-order valence-corrected chi connectivity index (χ3v) is 0. The van der Waals surface area contributed by atoms with Gasteiger partial charge in [-0.05, 0) is 0 Å². The molecule has 0 aromatic carbocycles. The standard InChI is InChI=1S/Li.H2O3S.H/c;1-4(2)3;/h;(H2,1,2,3);/q+1;;-1/p-1. The van der Waals surface area contributed by atoms with Crippen molar-refractivity contribution in [2.24, 2.45) is 0 Å². The number of hydrogen-bond acceptors (Lipinski definition) is 2. The third-order valence-electron chi connectivity index (χ3n) is 0. The first-order valence-electron chi connectivity index (χ1n) is 0.516. The van der Waals surface area contributed by atoms with Crippen molar-refractivity contribution in [3.05, 3.63) is 0 Å². The van der Waals surface area contributed by atoms with Crippen LogP contribution in [0.4, 0.5) is 0 Å². The van der Waals surface area contributed by atoms with Crippen molar-refractivity contribution in [1.82, 2.24) is 0 Å². The average Bonchev–Trinajstić information content (AvgIpc) is 0.811. The van der Waals surface area contributed by atoms with Crippen LogP contribution in [0.25, 0.3) is 0 Å². The van der Waals surface area contributed by atoms with E-state index in [9.17, 15) is 0 Å². The van der Waals surface area contributed by atoms with Gasteiger partial charge in [-0.25, -0.2) is 4.21 Å². The predicted octanol–water partition coefficient (Wildman–Crippen LogP) is -3.54. The Labute approximate surface area is 45.5 Å². The molecule has 1 unspecified atom stereocenters. The molecule has 0 radical (unpaired) electrons. The summed E-state index contributed by atoms with van der Waals surface area (Å²) in [6.07, 6.45) is 0. The normalized spacial score (nSPS) is 12.4. The molecule has 0 aromatic rings. The van der Waals surface area contributed by atoms with E-state index in [4.69, 9.17) is 13.3 Å². The van der Waals surface area contributed by atoms with E-state index in [-0.39, 0.29) is 20.3 Å². The summed E-state index contributed by atoms with van der Waals surface area (Å²) in [4.78, 5) is 0. The minimum Gasteiger partial charge on any atom is -1.00 e. The predicted molar refractivity (Wildman–Crippen MR) is 12.7 cm³/mol. The summed E-state index contributed by atoms with van der Waals surface area (Å²) >= 11 is -2.86. The van der Waals surface area contributed by atoms with Gasteiger partial charge in [-0.1, -0.05) is 0 Å². The Kier molecular flexibility index (Phi) is 8.57. The van der Waals surface area contributed by atoms with E-state index < -0.39 is 11.4 Å². The summed E-state index contributed by atoms with van der Waals surface area (Å²) in [5.41, 5.74) is 0. The van der Waals surface area contributed by atoms with Gasteiger partial charge in [0, 0.05) is 0 Å². The maximum atomic E-state index is 8.56. The molecule has 0 bridgehead atoms. The Morgan fingerprint density at radius 2 is 2.00 bits per heavy atom. The maximum absolute atomic E-state index is 8.56. The summed E-state index contributed by atoms with van der Waals surface area (Å²) in [5, 5.41) is 0. The van der Waals surface area contributed by atoms with E-state index in [1.165, 1.54) is 0 Å². The van der Waals surface area contributed by atoms with Crippen LogP contribution in [-0.4, -0.2) is 13.3 Å². The van der Waals surface area contributed by atoms with Crippen molar-refractivity contribution in [1.29, 1.82) is 0 Å². The van der Waals surface area contributed by atoms with Crippen LogP contribution in [0.1, 0.15) is 1.43 Å². The fourth-order valence-corrected chi connectivity index (χ4v) is 0. The van der Waals surface area contributed by atoms with Gasteiger partial charge < -0.3 is 10.5 Å². The molecule has 0 heterocycles. The van der Waals surface area contributed by atoms with Crippen LogP contribution in [-0.2, 0) is 11.4 Å². The van der Waals surface area contributed by atoms with Crippen molar-refractivity contribution in [3.8, 4) is 0 Å². The SMILES string of the molecule is O=S([O-])O.[H-].[Li+]. The smallest absolute Gasteiger partial charge is 1.00 e. The minimum atomic E-state index is -2.86. The molecule has 3 nitrogen and oxygen atoms in total. The van der Waals surface area contributed by atoms with Gasteiger partial charge in [0.1, 0.15) is 0 Å². The zero-order valence-electron chi connectivity index (χ0n) is 3.67. The Bertz CT molecular complexity index is 33.8. The van der Waals surface area contributed by atoms with Crippen LogP contribution in [0, 0.1) is 0 Å². The fourth-order valence-electron chi connectivity index (χ4n) is 0. The summed E-state index contributed by atoms with van der Waals surface area (Å²) < 4.78 is 24.1. The largest absolute Gasteiger partial charge is 1.00 e. The molecule has 5 heteroatoms. The minimum absolute atomic E-state index is 0. The van der Waals surface area contributed by atoms with Gasteiger partial charge in [-0.15, -0.1) is 0 Å². The Balaban J connectivity index is -0.0000000450. The number of hydrogen-bond donors (Lipinski definition) is 1. The third kappa shape index (κ3) is 74.6. The van der Waals surface area contributed by atoms with Gasteiger partial charge in [0.25, 0.3) is 0 Å². The van der Waals surface area contributed by atoms with Gasteiger partial charge >= 0.3 is 18.9 Å². The molecule has 1 atom stereocenters. The average molecular weight is 89.0 g/mol. The van der Waals surface area contributed by atoms with Crippen LogP contribution in [0.2, 0.25) is 0 Å².